The van der Waals surface area contributed by atoms with Crippen molar-refractivity contribution in [3.8, 4) is 22.9 Å². The number of ether oxygens (including phenoxy) is 2. The molecule has 0 aromatic carbocycles. The van der Waals surface area contributed by atoms with Crippen LogP contribution in [0.25, 0.3) is 11.3 Å². The summed E-state index contributed by atoms with van der Waals surface area (Å²) < 4.78 is 11.2. The van der Waals surface area contributed by atoms with Gasteiger partial charge in [-0.3, -0.25) is 15.0 Å². The predicted molar refractivity (Wildman–Crippen MR) is 101 cm³/mol. The molecular formula is C20H21N5O3. The molecule has 28 heavy (non-hydrogen) atoms. The van der Waals surface area contributed by atoms with Crippen molar-refractivity contribution in [1.82, 2.24) is 24.9 Å². The second kappa shape index (κ2) is 7.85. The topological polar surface area (TPSA) is 103 Å². The van der Waals surface area contributed by atoms with Crippen LogP contribution in [0.3, 0.4) is 0 Å². The molecule has 0 aliphatic heterocycles. The van der Waals surface area contributed by atoms with Crippen LogP contribution in [0.4, 0.5) is 0 Å². The standard InChI is InChI=1S/C20H21N5O3/c1-12-21-8-17(19-9-22-14(10-26)6-23-19)20(25-12)28-11-13-5-16(13)18-4-3-15(27-2)7-24-18/h3-4,6-9,13,16,26H,5,10-11H2,1-2H3/t13?,16-/m1/s1. The van der Waals surface area contributed by atoms with Gasteiger partial charge in [0.2, 0.25) is 5.88 Å². The molecule has 1 fully saturated rings. The fourth-order valence-corrected chi connectivity index (χ4v) is 3.02. The van der Waals surface area contributed by atoms with E-state index >= 15 is 0 Å². The number of rotatable bonds is 7. The summed E-state index contributed by atoms with van der Waals surface area (Å²) in [4.78, 5) is 21.6. The van der Waals surface area contributed by atoms with Gasteiger partial charge in [0.15, 0.2) is 0 Å². The summed E-state index contributed by atoms with van der Waals surface area (Å²) in [5.74, 6) is 2.66. The number of aromatic nitrogens is 5. The normalized spacial score (nSPS) is 18.0. The molecule has 1 aliphatic rings. The van der Waals surface area contributed by atoms with E-state index in [0.717, 1.165) is 17.9 Å². The highest BCUT2D eigenvalue weighted by Gasteiger charge is 2.40. The van der Waals surface area contributed by atoms with E-state index in [1.165, 1.54) is 6.20 Å². The lowest BCUT2D eigenvalue weighted by Gasteiger charge is -2.10. The predicted octanol–water partition coefficient (Wildman–Crippen LogP) is 2.32. The zero-order chi connectivity index (χ0) is 19.5. The quantitative estimate of drug-likeness (QED) is 0.667. The molecule has 144 valence electrons. The summed E-state index contributed by atoms with van der Waals surface area (Å²) in [6.07, 6.45) is 7.59. The van der Waals surface area contributed by atoms with Gasteiger partial charge in [0.05, 0.1) is 55.9 Å². The van der Waals surface area contributed by atoms with Crippen molar-refractivity contribution in [1.29, 1.82) is 0 Å². The minimum Gasteiger partial charge on any atom is -0.495 e. The smallest absolute Gasteiger partial charge is 0.226 e. The van der Waals surface area contributed by atoms with Crippen LogP contribution >= 0.6 is 0 Å². The molecule has 3 aromatic heterocycles. The number of hydrogen-bond acceptors (Lipinski definition) is 8. The Kier molecular flexibility index (Phi) is 5.12. The molecule has 8 nitrogen and oxygen atoms in total. The van der Waals surface area contributed by atoms with Gasteiger partial charge in [0, 0.05) is 23.7 Å². The first kappa shape index (κ1) is 18.2. The summed E-state index contributed by atoms with van der Waals surface area (Å²) in [7, 11) is 1.63. The molecule has 8 heteroatoms. The van der Waals surface area contributed by atoms with Gasteiger partial charge in [0.1, 0.15) is 11.6 Å². The number of aliphatic hydroxyl groups excluding tert-OH is 1. The maximum absolute atomic E-state index is 9.13. The first-order valence-corrected chi connectivity index (χ1v) is 9.06. The molecule has 0 amide bonds. The van der Waals surface area contributed by atoms with E-state index < -0.39 is 0 Å². The summed E-state index contributed by atoms with van der Waals surface area (Å²) in [6, 6.07) is 3.93. The van der Waals surface area contributed by atoms with Crippen molar-refractivity contribution in [2.24, 2.45) is 5.92 Å². The van der Waals surface area contributed by atoms with Gasteiger partial charge in [-0.1, -0.05) is 0 Å². The molecule has 0 spiro atoms. The average molecular weight is 379 g/mol. The van der Waals surface area contributed by atoms with Crippen molar-refractivity contribution in [2.45, 2.75) is 25.9 Å². The van der Waals surface area contributed by atoms with E-state index in [-0.39, 0.29) is 6.61 Å². The third-order valence-corrected chi connectivity index (χ3v) is 4.75. The zero-order valence-electron chi connectivity index (χ0n) is 15.7. The first-order valence-electron chi connectivity index (χ1n) is 9.06. The third-order valence-electron chi connectivity index (χ3n) is 4.75. The van der Waals surface area contributed by atoms with Crippen LogP contribution in [0.2, 0.25) is 0 Å². The minimum absolute atomic E-state index is 0.149. The first-order chi connectivity index (χ1) is 13.7. The van der Waals surface area contributed by atoms with E-state index in [2.05, 4.69) is 24.9 Å². The largest absolute Gasteiger partial charge is 0.495 e. The molecule has 2 atom stereocenters. The number of hydrogen-bond donors (Lipinski definition) is 1. The van der Waals surface area contributed by atoms with Gasteiger partial charge in [-0.2, -0.15) is 4.98 Å². The van der Waals surface area contributed by atoms with Crippen molar-refractivity contribution in [3.05, 3.63) is 54.1 Å². The maximum Gasteiger partial charge on any atom is 0.226 e. The minimum atomic E-state index is -0.149. The van der Waals surface area contributed by atoms with Crippen LogP contribution in [0, 0.1) is 12.8 Å². The SMILES string of the molecule is COc1ccc([C@@H]2CC2COc2nc(C)ncc2-c2cnc(CO)cn2)nc1. The summed E-state index contributed by atoms with van der Waals surface area (Å²) in [5.41, 5.74) is 2.85. The number of aliphatic hydroxyl groups is 1. The maximum atomic E-state index is 9.13. The highest BCUT2D eigenvalue weighted by Crippen LogP contribution is 2.47. The lowest BCUT2D eigenvalue weighted by atomic mass is 10.2. The molecule has 1 saturated carbocycles. The fourth-order valence-electron chi connectivity index (χ4n) is 3.02. The van der Waals surface area contributed by atoms with Gasteiger partial charge in [-0.25, -0.2) is 4.98 Å². The number of nitrogens with zero attached hydrogens (tertiary/aromatic N) is 5. The number of methoxy groups -OCH3 is 1. The summed E-state index contributed by atoms with van der Waals surface area (Å²) in [6.45, 7) is 2.21. The van der Waals surface area contributed by atoms with E-state index in [1.807, 2.05) is 19.1 Å². The van der Waals surface area contributed by atoms with Gasteiger partial charge in [-0.05, 0) is 25.5 Å². The zero-order valence-corrected chi connectivity index (χ0v) is 15.7. The Morgan fingerprint density at radius 1 is 1.07 bits per heavy atom. The second-order valence-corrected chi connectivity index (χ2v) is 6.72. The molecule has 3 heterocycles. The van der Waals surface area contributed by atoms with E-state index in [0.29, 0.717) is 47.1 Å². The van der Waals surface area contributed by atoms with E-state index in [1.54, 1.807) is 25.7 Å². The third kappa shape index (κ3) is 3.91. The molecule has 4 rings (SSSR count). The monoisotopic (exact) mass is 379 g/mol. The van der Waals surface area contributed by atoms with Crippen LogP contribution in [0.1, 0.15) is 29.6 Å². The Hall–Kier alpha value is -3.13. The van der Waals surface area contributed by atoms with Crippen molar-refractivity contribution < 1.29 is 14.6 Å². The molecule has 1 aliphatic carbocycles. The molecular weight excluding hydrogens is 358 g/mol. The van der Waals surface area contributed by atoms with Gasteiger partial charge < -0.3 is 14.6 Å². The molecule has 1 N–H and O–H groups in total. The fraction of sp³-hybridized carbons (Fsp3) is 0.350. The second-order valence-electron chi connectivity index (χ2n) is 6.72. The Morgan fingerprint density at radius 2 is 1.96 bits per heavy atom. The molecule has 3 aromatic rings. The highest BCUT2D eigenvalue weighted by atomic mass is 16.5. The summed E-state index contributed by atoms with van der Waals surface area (Å²) >= 11 is 0. The lowest BCUT2D eigenvalue weighted by Crippen LogP contribution is -2.06. The molecule has 0 bridgehead atoms. The van der Waals surface area contributed by atoms with Gasteiger partial charge >= 0.3 is 0 Å². The summed E-state index contributed by atoms with van der Waals surface area (Å²) in [5, 5.41) is 9.13. The van der Waals surface area contributed by atoms with Crippen LogP contribution < -0.4 is 9.47 Å². The number of aryl methyl sites for hydroxylation is 1. The van der Waals surface area contributed by atoms with Crippen molar-refractivity contribution >= 4 is 0 Å². The molecule has 1 unspecified atom stereocenters. The Bertz CT molecular complexity index is 947. The Labute approximate surface area is 162 Å². The van der Waals surface area contributed by atoms with Crippen LogP contribution in [0.15, 0.2) is 36.9 Å². The molecule has 0 radical (unpaired) electrons. The van der Waals surface area contributed by atoms with Crippen LogP contribution in [0.5, 0.6) is 11.6 Å². The Morgan fingerprint density at radius 3 is 2.64 bits per heavy atom. The number of pyridine rings is 1. The van der Waals surface area contributed by atoms with Crippen molar-refractivity contribution in [3.63, 3.8) is 0 Å². The van der Waals surface area contributed by atoms with Crippen molar-refractivity contribution in [2.75, 3.05) is 13.7 Å². The van der Waals surface area contributed by atoms with Crippen LogP contribution in [-0.4, -0.2) is 43.7 Å². The van der Waals surface area contributed by atoms with Gasteiger partial charge in [0.25, 0.3) is 0 Å². The van der Waals surface area contributed by atoms with Crippen LogP contribution in [-0.2, 0) is 6.61 Å². The lowest BCUT2D eigenvalue weighted by molar-refractivity contribution is 0.276. The highest BCUT2D eigenvalue weighted by molar-refractivity contribution is 5.62. The average Bonchev–Trinajstić information content (AvgIpc) is 3.52. The van der Waals surface area contributed by atoms with E-state index in [9.17, 15) is 0 Å². The van der Waals surface area contributed by atoms with Gasteiger partial charge in [-0.15, -0.1) is 0 Å². The molecule has 0 saturated heterocycles. The van der Waals surface area contributed by atoms with E-state index in [4.69, 9.17) is 14.6 Å². The Balaban J connectivity index is 1.45.